The van der Waals surface area contributed by atoms with Crippen molar-refractivity contribution in [3.63, 3.8) is 0 Å². The SMILES string of the molecule is C[Si](C)(C)c1cnc(-c2[c-]cccc2)cc1CC1CCCC1.[Ir].[c-]1ccc2c(oc3ccccc32)c1-c1nc2ccccc2n1-c1ccccc1. The minimum atomic E-state index is -1.35. The van der Waals surface area contributed by atoms with Gasteiger partial charge in [-0.15, -0.1) is 54.1 Å². The molecule has 0 spiro atoms. The summed E-state index contributed by atoms with van der Waals surface area (Å²) < 4.78 is 8.41. The molecule has 1 fully saturated rings. The fourth-order valence-corrected chi connectivity index (χ4v) is 9.04. The van der Waals surface area contributed by atoms with Crippen LogP contribution in [0, 0.1) is 18.1 Å². The van der Waals surface area contributed by atoms with E-state index in [1.807, 2.05) is 72.8 Å². The van der Waals surface area contributed by atoms with Crippen molar-refractivity contribution in [1.82, 2.24) is 14.5 Å². The molecule has 0 saturated heterocycles. The second-order valence-electron chi connectivity index (χ2n) is 14.4. The summed E-state index contributed by atoms with van der Waals surface area (Å²) in [6.45, 7) is 7.28. The smallest absolute Gasteiger partial charge is 0.120 e. The summed E-state index contributed by atoms with van der Waals surface area (Å²) in [5.74, 6) is 1.71. The van der Waals surface area contributed by atoms with Crippen LogP contribution >= 0.6 is 0 Å². The van der Waals surface area contributed by atoms with Crippen LogP contribution in [0.25, 0.3) is 61.3 Å². The largest absolute Gasteiger partial charge is 0.501 e. The second kappa shape index (κ2) is 14.9. The van der Waals surface area contributed by atoms with Gasteiger partial charge in [0.05, 0.1) is 30.5 Å². The minimum absolute atomic E-state index is 0. The van der Waals surface area contributed by atoms with Crippen LogP contribution in [0.4, 0.5) is 0 Å². The first-order valence-corrected chi connectivity index (χ1v) is 21.3. The Morgan fingerprint density at radius 2 is 1.53 bits per heavy atom. The number of imidazole rings is 1. The van der Waals surface area contributed by atoms with Gasteiger partial charge in [0.25, 0.3) is 0 Å². The molecule has 1 saturated carbocycles. The van der Waals surface area contributed by atoms with Gasteiger partial charge in [-0.3, -0.25) is 4.98 Å². The van der Waals surface area contributed by atoms with E-state index in [0.29, 0.717) is 0 Å². The molecule has 0 N–H and O–H groups in total. The fraction of sp³-hybridized carbons (Fsp3) is 0.200. The fourth-order valence-electron chi connectivity index (χ4n) is 7.46. The van der Waals surface area contributed by atoms with Crippen LogP contribution in [-0.4, -0.2) is 22.6 Å². The van der Waals surface area contributed by atoms with Crippen LogP contribution in [0.5, 0.6) is 0 Å². The van der Waals surface area contributed by atoms with Crippen LogP contribution in [0.2, 0.25) is 19.6 Å². The van der Waals surface area contributed by atoms with Gasteiger partial charge in [0.1, 0.15) is 5.58 Å². The molecule has 0 atom stereocenters. The molecule has 0 amide bonds. The maximum atomic E-state index is 6.24. The average molecular weight is 860 g/mol. The first kappa shape index (κ1) is 34.8. The molecule has 0 unspecified atom stereocenters. The Kier molecular flexibility index (Phi) is 10.2. The molecule has 8 aromatic rings. The molecule has 4 nitrogen and oxygen atoms in total. The summed E-state index contributed by atoms with van der Waals surface area (Å²) >= 11 is 0. The Labute approximate surface area is 315 Å². The standard InChI is InChI=1S/C25H15N2O.C20H26NSi.Ir/c1-2-9-17(10-3-1)27-22-15-6-5-14-21(22)26-25(27)20-13-8-12-19-18-11-4-7-16-23(18)28-24(19)20;1-22(2,3)20-15-21-19(17-11-5-4-6-12-17)14-18(20)13-16-9-7-8-10-16;/h1-12,14-16H;4-6,11,14-16H,7-10,13H2,1-3H3;/q2*-1;. The van der Waals surface area contributed by atoms with E-state index in [1.165, 1.54) is 32.1 Å². The van der Waals surface area contributed by atoms with Crippen LogP contribution in [0.15, 0.2) is 132 Å². The predicted molar refractivity (Wildman–Crippen MR) is 210 cm³/mol. The number of furan rings is 1. The van der Waals surface area contributed by atoms with Crippen molar-refractivity contribution in [1.29, 1.82) is 0 Å². The number of fused-ring (bicyclic) bond motifs is 4. The number of nitrogens with zero attached hydrogens (tertiary/aromatic N) is 3. The van der Waals surface area contributed by atoms with Crippen molar-refractivity contribution in [2.75, 3.05) is 0 Å². The first-order chi connectivity index (χ1) is 24.4. The number of aromatic nitrogens is 3. The molecule has 1 radical (unpaired) electrons. The summed E-state index contributed by atoms with van der Waals surface area (Å²) in [7, 11) is -1.35. The van der Waals surface area contributed by atoms with Crippen molar-refractivity contribution >= 4 is 46.2 Å². The molecule has 0 aliphatic heterocycles. The number of para-hydroxylation sites is 4. The van der Waals surface area contributed by atoms with E-state index in [9.17, 15) is 0 Å². The first-order valence-electron chi connectivity index (χ1n) is 17.8. The minimum Gasteiger partial charge on any atom is -0.501 e. The van der Waals surface area contributed by atoms with Gasteiger partial charge >= 0.3 is 0 Å². The number of hydrogen-bond acceptors (Lipinski definition) is 3. The Hall–Kier alpha value is -4.61. The van der Waals surface area contributed by atoms with Gasteiger partial charge in [-0.1, -0.05) is 116 Å². The quantitative estimate of drug-likeness (QED) is 0.124. The van der Waals surface area contributed by atoms with Crippen molar-refractivity contribution in [3.8, 4) is 28.3 Å². The molecule has 3 aromatic heterocycles. The number of benzene rings is 5. The molecule has 257 valence electrons. The van der Waals surface area contributed by atoms with Crippen molar-refractivity contribution in [3.05, 3.63) is 145 Å². The monoisotopic (exact) mass is 860 g/mol. The van der Waals surface area contributed by atoms with Gasteiger partial charge in [0.2, 0.25) is 0 Å². The zero-order valence-electron chi connectivity index (χ0n) is 29.3. The van der Waals surface area contributed by atoms with Gasteiger partial charge in [0.15, 0.2) is 0 Å². The number of rotatable bonds is 6. The van der Waals surface area contributed by atoms with Crippen LogP contribution in [0.1, 0.15) is 31.2 Å². The molecule has 0 bridgehead atoms. The number of pyridine rings is 1. The van der Waals surface area contributed by atoms with E-state index < -0.39 is 8.07 Å². The van der Waals surface area contributed by atoms with E-state index in [2.05, 4.69) is 91.1 Å². The molecule has 5 aromatic carbocycles. The van der Waals surface area contributed by atoms with E-state index >= 15 is 0 Å². The summed E-state index contributed by atoms with van der Waals surface area (Å²) in [6.07, 6.45) is 9.03. The molecule has 3 heterocycles. The van der Waals surface area contributed by atoms with E-state index in [4.69, 9.17) is 14.4 Å². The average Bonchev–Trinajstić information content (AvgIpc) is 3.90. The molecule has 1 aliphatic carbocycles. The molecule has 1 aliphatic rings. The second-order valence-corrected chi connectivity index (χ2v) is 19.4. The third-order valence-electron chi connectivity index (χ3n) is 9.90. The zero-order chi connectivity index (χ0) is 34.1. The van der Waals surface area contributed by atoms with Crippen LogP contribution in [-0.2, 0) is 26.5 Å². The Morgan fingerprint density at radius 1 is 0.784 bits per heavy atom. The zero-order valence-corrected chi connectivity index (χ0v) is 32.7. The summed E-state index contributed by atoms with van der Waals surface area (Å²) in [5.41, 5.74) is 9.37. The summed E-state index contributed by atoms with van der Waals surface area (Å²) in [4.78, 5) is 9.71. The van der Waals surface area contributed by atoms with Crippen molar-refractivity contribution < 1.29 is 24.5 Å². The third-order valence-corrected chi connectivity index (χ3v) is 12.0. The molecular weight excluding hydrogens is 819 g/mol. The molecule has 6 heteroatoms. The Bertz CT molecular complexity index is 2400. The maximum absolute atomic E-state index is 6.24. The van der Waals surface area contributed by atoms with Gasteiger partial charge in [-0.25, -0.2) is 0 Å². The maximum Gasteiger partial charge on any atom is 0.120 e. The van der Waals surface area contributed by atoms with Gasteiger partial charge in [0, 0.05) is 37.4 Å². The van der Waals surface area contributed by atoms with Crippen molar-refractivity contribution in [2.24, 2.45) is 5.92 Å². The molecule has 9 rings (SSSR count). The molecular formula is C45H41IrN3OSi-2. The Morgan fingerprint density at radius 3 is 2.31 bits per heavy atom. The normalized spacial score (nSPS) is 13.3. The topological polar surface area (TPSA) is 43.9 Å². The van der Waals surface area contributed by atoms with Gasteiger partial charge in [-0.2, -0.15) is 0 Å². The third kappa shape index (κ3) is 7.14. The summed E-state index contributed by atoms with van der Waals surface area (Å²) in [6, 6.07) is 47.8. The van der Waals surface area contributed by atoms with Crippen molar-refractivity contribution in [2.45, 2.75) is 51.7 Å². The van der Waals surface area contributed by atoms with Crippen LogP contribution < -0.4 is 5.19 Å². The number of hydrogen-bond donors (Lipinski definition) is 0. The van der Waals surface area contributed by atoms with E-state index in [0.717, 1.165) is 67.2 Å². The van der Waals surface area contributed by atoms with E-state index in [-0.39, 0.29) is 20.1 Å². The van der Waals surface area contributed by atoms with Gasteiger partial charge in [-0.05, 0) is 53.6 Å². The summed E-state index contributed by atoms with van der Waals surface area (Å²) in [5, 5.41) is 3.73. The Balaban J connectivity index is 0.000000161. The van der Waals surface area contributed by atoms with E-state index in [1.54, 1.807) is 10.8 Å². The van der Waals surface area contributed by atoms with Gasteiger partial charge < -0.3 is 14.0 Å². The van der Waals surface area contributed by atoms with Crippen LogP contribution in [0.3, 0.4) is 0 Å². The predicted octanol–water partition coefficient (Wildman–Crippen LogP) is 11.2. The molecule has 51 heavy (non-hydrogen) atoms.